The smallest absolute Gasteiger partial charge is 0.224 e. The monoisotopic (exact) mass is 368 g/mol. The molecule has 6 heteroatoms. The predicted molar refractivity (Wildman–Crippen MR) is 104 cm³/mol. The van der Waals surface area contributed by atoms with Crippen LogP contribution in [0.2, 0.25) is 0 Å². The van der Waals surface area contributed by atoms with Gasteiger partial charge in [0.15, 0.2) is 4.34 Å². The molecule has 3 nitrogen and oxygen atoms in total. The lowest BCUT2D eigenvalue weighted by atomic mass is 9.96. The summed E-state index contributed by atoms with van der Waals surface area (Å²) in [5.41, 5.74) is 1.05. The molecule has 1 aromatic heterocycles. The molecule has 2 aromatic rings. The van der Waals surface area contributed by atoms with Crippen LogP contribution in [0.25, 0.3) is 10.2 Å². The summed E-state index contributed by atoms with van der Waals surface area (Å²) in [6.07, 6.45) is 2.13. The van der Waals surface area contributed by atoms with Gasteiger partial charge in [0.25, 0.3) is 0 Å². The van der Waals surface area contributed by atoms with Crippen molar-refractivity contribution in [3.8, 4) is 0 Å². The van der Waals surface area contributed by atoms with Crippen LogP contribution in [0.3, 0.4) is 0 Å². The lowest BCUT2D eigenvalue weighted by molar-refractivity contribution is -0.125. The summed E-state index contributed by atoms with van der Waals surface area (Å²) in [5.74, 6) is 0.0899. The zero-order chi connectivity index (χ0) is 16.9. The highest BCUT2D eigenvalue weighted by molar-refractivity contribution is 8.77. The summed E-state index contributed by atoms with van der Waals surface area (Å²) in [7, 11) is 3.40. The third kappa shape index (κ3) is 5.13. The van der Waals surface area contributed by atoms with E-state index >= 15 is 0 Å². The molecule has 0 bridgehead atoms. The van der Waals surface area contributed by atoms with E-state index in [9.17, 15) is 4.79 Å². The average Bonchev–Trinajstić information content (AvgIpc) is 2.95. The van der Waals surface area contributed by atoms with Crippen LogP contribution in [0, 0.1) is 5.92 Å². The number of amides is 1. The number of para-hydroxylation sites is 1. The van der Waals surface area contributed by atoms with Gasteiger partial charge in [-0.1, -0.05) is 43.2 Å². The van der Waals surface area contributed by atoms with Gasteiger partial charge in [0, 0.05) is 11.3 Å². The van der Waals surface area contributed by atoms with Crippen molar-refractivity contribution in [1.29, 1.82) is 0 Å². The van der Waals surface area contributed by atoms with Gasteiger partial charge in [0.05, 0.1) is 16.1 Å². The zero-order valence-electron chi connectivity index (χ0n) is 14.1. The molecule has 0 spiro atoms. The summed E-state index contributed by atoms with van der Waals surface area (Å²) in [6, 6.07) is 8.18. The van der Waals surface area contributed by atoms with Crippen LogP contribution in [0.4, 0.5) is 0 Å². The number of nitrogens with zero attached hydrogens (tertiary/aromatic N) is 1. The van der Waals surface area contributed by atoms with E-state index in [0.29, 0.717) is 0 Å². The Kier molecular flexibility index (Phi) is 6.80. The molecular formula is C17H24N2OS3. The van der Waals surface area contributed by atoms with Gasteiger partial charge in [-0.2, -0.15) is 0 Å². The molecule has 1 aromatic carbocycles. The van der Waals surface area contributed by atoms with Crippen molar-refractivity contribution in [3.05, 3.63) is 24.3 Å². The molecule has 2 rings (SSSR count). The van der Waals surface area contributed by atoms with E-state index in [1.165, 1.54) is 4.70 Å². The minimum Gasteiger partial charge on any atom is -0.356 e. The number of unbranched alkanes of at least 4 members (excludes halogenated alkanes) is 1. The molecule has 1 amide bonds. The number of nitrogens with one attached hydrogen (secondary N) is 1. The zero-order valence-corrected chi connectivity index (χ0v) is 16.5. The molecule has 0 radical (unpaired) electrons. The maximum Gasteiger partial charge on any atom is 0.224 e. The Morgan fingerprint density at radius 3 is 2.83 bits per heavy atom. The summed E-state index contributed by atoms with van der Waals surface area (Å²) in [5, 5.41) is 3.03. The SMILES string of the molecule is CCCCNC(=O)[C@@H](C)C(C)(C)SSc1nc2ccccc2s1. The number of carbonyl (C=O) groups is 1. The fourth-order valence-electron chi connectivity index (χ4n) is 1.96. The summed E-state index contributed by atoms with van der Waals surface area (Å²) >= 11 is 1.71. The molecular weight excluding hydrogens is 344 g/mol. The second kappa shape index (κ2) is 8.40. The number of thiazole rings is 1. The normalized spacial score (nSPS) is 13.2. The molecule has 126 valence electrons. The Hall–Kier alpha value is -0.720. The fraction of sp³-hybridized carbons (Fsp3) is 0.529. The molecule has 0 aliphatic heterocycles. The number of fused-ring (bicyclic) bond motifs is 1. The maximum absolute atomic E-state index is 12.3. The average molecular weight is 369 g/mol. The highest BCUT2D eigenvalue weighted by Crippen LogP contribution is 2.46. The first kappa shape index (κ1) is 18.6. The summed E-state index contributed by atoms with van der Waals surface area (Å²) in [6.45, 7) is 9.16. The van der Waals surface area contributed by atoms with Crippen molar-refractivity contribution < 1.29 is 4.79 Å². The standard InChI is InChI=1S/C17H24N2OS3/c1-5-6-11-18-15(20)12(2)17(3,4)23-22-16-19-13-9-7-8-10-14(13)21-16/h7-10,12H,5-6,11H2,1-4H3,(H,18,20)/t12-/m1/s1. The largest absolute Gasteiger partial charge is 0.356 e. The van der Waals surface area contributed by atoms with E-state index < -0.39 is 0 Å². The molecule has 0 aliphatic carbocycles. The number of rotatable bonds is 8. The van der Waals surface area contributed by atoms with Crippen LogP contribution in [-0.2, 0) is 4.79 Å². The van der Waals surface area contributed by atoms with Gasteiger partial charge in [-0.25, -0.2) is 4.98 Å². The molecule has 1 heterocycles. The number of aromatic nitrogens is 1. The van der Waals surface area contributed by atoms with Gasteiger partial charge in [-0.15, -0.1) is 11.3 Å². The maximum atomic E-state index is 12.3. The molecule has 0 unspecified atom stereocenters. The van der Waals surface area contributed by atoms with E-state index in [2.05, 4.69) is 37.1 Å². The minimum atomic E-state index is -0.154. The van der Waals surface area contributed by atoms with E-state index in [0.717, 1.165) is 29.2 Å². The highest BCUT2D eigenvalue weighted by Gasteiger charge is 2.32. The van der Waals surface area contributed by atoms with Crippen LogP contribution < -0.4 is 5.32 Å². The van der Waals surface area contributed by atoms with Crippen LogP contribution >= 0.6 is 32.9 Å². The van der Waals surface area contributed by atoms with Crippen molar-refractivity contribution in [2.24, 2.45) is 5.92 Å². The molecule has 1 atom stereocenters. The molecule has 1 N–H and O–H groups in total. The first-order valence-corrected chi connectivity index (χ1v) is 10.9. The van der Waals surface area contributed by atoms with E-state index in [1.54, 1.807) is 32.9 Å². The van der Waals surface area contributed by atoms with Crippen LogP contribution in [0.5, 0.6) is 0 Å². The van der Waals surface area contributed by atoms with Gasteiger partial charge >= 0.3 is 0 Å². The third-order valence-electron chi connectivity index (χ3n) is 3.87. The predicted octanol–water partition coefficient (Wildman–Crippen LogP) is 5.37. The Morgan fingerprint density at radius 2 is 2.13 bits per heavy atom. The number of benzene rings is 1. The molecule has 0 aliphatic rings. The number of hydrogen-bond donors (Lipinski definition) is 1. The Labute approximate surface area is 150 Å². The van der Waals surface area contributed by atoms with Crippen molar-refractivity contribution in [1.82, 2.24) is 10.3 Å². The summed E-state index contributed by atoms with van der Waals surface area (Å²) < 4.78 is 2.10. The highest BCUT2D eigenvalue weighted by atomic mass is 33.1. The lowest BCUT2D eigenvalue weighted by Crippen LogP contribution is -2.39. The van der Waals surface area contributed by atoms with Gasteiger partial charge in [-0.05, 0) is 43.2 Å². The van der Waals surface area contributed by atoms with Gasteiger partial charge in [0.2, 0.25) is 5.91 Å². The van der Waals surface area contributed by atoms with Gasteiger partial charge in [-0.3, -0.25) is 4.79 Å². The molecule has 0 saturated carbocycles. The molecule has 23 heavy (non-hydrogen) atoms. The van der Waals surface area contributed by atoms with Crippen LogP contribution in [0.1, 0.15) is 40.5 Å². The fourth-order valence-corrected chi connectivity index (χ4v) is 5.75. The van der Waals surface area contributed by atoms with Crippen molar-refractivity contribution in [2.45, 2.75) is 49.6 Å². The van der Waals surface area contributed by atoms with Gasteiger partial charge in [0.1, 0.15) is 0 Å². The van der Waals surface area contributed by atoms with E-state index in [-0.39, 0.29) is 16.6 Å². The molecule has 0 fully saturated rings. The first-order chi connectivity index (χ1) is 10.9. The summed E-state index contributed by atoms with van der Waals surface area (Å²) in [4.78, 5) is 16.9. The van der Waals surface area contributed by atoms with E-state index in [4.69, 9.17) is 0 Å². The quantitative estimate of drug-likeness (QED) is 0.502. The van der Waals surface area contributed by atoms with Crippen LogP contribution in [-0.4, -0.2) is 22.2 Å². The number of carbonyl (C=O) groups excluding carboxylic acids is 1. The third-order valence-corrected chi connectivity index (χ3v) is 8.63. The number of hydrogen-bond acceptors (Lipinski definition) is 5. The first-order valence-electron chi connectivity index (χ1n) is 7.93. The minimum absolute atomic E-state index is 0.0498. The van der Waals surface area contributed by atoms with Gasteiger partial charge < -0.3 is 5.32 Å². The van der Waals surface area contributed by atoms with Crippen molar-refractivity contribution in [3.63, 3.8) is 0 Å². The Bertz CT molecular complexity index is 621. The second-order valence-electron chi connectivity index (χ2n) is 6.08. The second-order valence-corrected chi connectivity index (χ2v) is 10.1. The Morgan fingerprint density at radius 1 is 1.39 bits per heavy atom. The molecule has 0 saturated heterocycles. The van der Waals surface area contributed by atoms with Crippen molar-refractivity contribution in [2.75, 3.05) is 6.54 Å². The van der Waals surface area contributed by atoms with E-state index in [1.807, 2.05) is 25.1 Å². The van der Waals surface area contributed by atoms with Crippen molar-refractivity contribution >= 4 is 49.0 Å². The van der Waals surface area contributed by atoms with Crippen LogP contribution in [0.15, 0.2) is 28.6 Å². The topological polar surface area (TPSA) is 42.0 Å². The Balaban J connectivity index is 1.92. The lowest BCUT2D eigenvalue weighted by Gasteiger charge is -2.29.